The number of nitrogen functional groups attached to an aromatic ring is 1. The van der Waals surface area contributed by atoms with Gasteiger partial charge in [0, 0.05) is 6.54 Å². The number of carbonyl (C=O) groups excluding carboxylic acids is 1. The maximum absolute atomic E-state index is 12.4. The third-order valence-electron chi connectivity index (χ3n) is 4.61. The molecule has 1 amide bonds. The number of hydrogen-bond donors (Lipinski definition) is 2. The van der Waals surface area contributed by atoms with Crippen LogP contribution < -0.4 is 15.9 Å². The first-order chi connectivity index (χ1) is 14.4. The number of thioether (sulfide) groups is 1. The van der Waals surface area contributed by atoms with E-state index in [1.54, 1.807) is 0 Å². The lowest BCUT2D eigenvalue weighted by molar-refractivity contribution is -0.120. The van der Waals surface area contributed by atoms with Gasteiger partial charge in [0.15, 0.2) is 5.82 Å². The first-order valence-electron chi connectivity index (χ1n) is 9.84. The number of hydrogen-bond acceptors (Lipinski definition) is 6. The zero-order valence-corrected chi connectivity index (χ0v) is 18.2. The predicted molar refractivity (Wildman–Crippen MR) is 119 cm³/mol. The van der Waals surface area contributed by atoms with Crippen LogP contribution in [-0.2, 0) is 17.9 Å². The van der Waals surface area contributed by atoms with Gasteiger partial charge in [-0.1, -0.05) is 68.1 Å². The van der Waals surface area contributed by atoms with E-state index >= 15 is 0 Å². The SMILES string of the molecule is CC(C)c1ccc(OCc2nnc(S[C@H](C)C(=O)NCc3ccccc3)n2N)cc1. The fraction of sp³-hybridized carbons (Fsp3) is 0.318. The van der Waals surface area contributed by atoms with Crippen molar-refractivity contribution in [2.75, 3.05) is 5.84 Å². The van der Waals surface area contributed by atoms with E-state index in [1.165, 1.54) is 22.0 Å². The minimum Gasteiger partial charge on any atom is -0.486 e. The molecule has 30 heavy (non-hydrogen) atoms. The number of ether oxygens (including phenoxy) is 1. The Kier molecular flexibility index (Phi) is 7.35. The molecule has 0 unspecified atom stereocenters. The van der Waals surface area contributed by atoms with Crippen LogP contribution >= 0.6 is 11.8 Å². The van der Waals surface area contributed by atoms with E-state index in [4.69, 9.17) is 10.6 Å². The van der Waals surface area contributed by atoms with Crippen LogP contribution in [0.5, 0.6) is 5.75 Å². The van der Waals surface area contributed by atoms with Gasteiger partial charge in [-0.3, -0.25) is 4.79 Å². The molecule has 0 aliphatic heterocycles. The monoisotopic (exact) mass is 425 g/mol. The summed E-state index contributed by atoms with van der Waals surface area (Å²) >= 11 is 1.26. The number of nitrogens with two attached hydrogens (primary N) is 1. The molecule has 3 rings (SSSR count). The molecule has 0 saturated heterocycles. The second-order valence-corrected chi connectivity index (χ2v) is 8.55. The van der Waals surface area contributed by atoms with Gasteiger partial charge in [-0.2, -0.15) is 0 Å². The average Bonchev–Trinajstić information content (AvgIpc) is 3.10. The fourth-order valence-electron chi connectivity index (χ4n) is 2.72. The molecular formula is C22H27N5O2S. The van der Waals surface area contributed by atoms with E-state index in [-0.39, 0.29) is 17.8 Å². The number of carbonyl (C=O) groups is 1. The standard InChI is InChI=1S/C22H27N5O2S/c1-15(2)18-9-11-19(12-10-18)29-14-20-25-26-22(27(20)23)30-16(3)21(28)24-13-17-7-5-4-6-8-17/h4-12,15-16H,13-14,23H2,1-3H3,(H,24,28)/t16-/m1/s1. The zero-order chi connectivity index (χ0) is 21.5. The molecule has 158 valence electrons. The summed E-state index contributed by atoms with van der Waals surface area (Å²) < 4.78 is 7.14. The first-order valence-corrected chi connectivity index (χ1v) is 10.7. The average molecular weight is 426 g/mol. The van der Waals surface area contributed by atoms with Crippen LogP contribution in [-0.4, -0.2) is 26.0 Å². The topological polar surface area (TPSA) is 95.1 Å². The van der Waals surface area contributed by atoms with Crippen LogP contribution in [0.2, 0.25) is 0 Å². The van der Waals surface area contributed by atoms with Gasteiger partial charge >= 0.3 is 0 Å². The summed E-state index contributed by atoms with van der Waals surface area (Å²) in [5.41, 5.74) is 2.30. The molecule has 1 atom stereocenters. The van der Waals surface area contributed by atoms with E-state index in [9.17, 15) is 4.79 Å². The Morgan fingerprint density at radius 2 is 1.80 bits per heavy atom. The molecule has 8 heteroatoms. The Balaban J connectivity index is 1.52. The molecule has 3 aromatic rings. The highest BCUT2D eigenvalue weighted by molar-refractivity contribution is 8.00. The van der Waals surface area contributed by atoms with Gasteiger partial charge < -0.3 is 15.9 Å². The quantitative estimate of drug-likeness (QED) is 0.402. The first kappa shape index (κ1) is 21.7. The zero-order valence-electron chi connectivity index (χ0n) is 17.4. The number of amides is 1. The molecule has 0 saturated carbocycles. The molecule has 7 nitrogen and oxygen atoms in total. The largest absolute Gasteiger partial charge is 0.486 e. The van der Waals surface area contributed by atoms with Gasteiger partial charge in [-0.15, -0.1) is 10.2 Å². The maximum Gasteiger partial charge on any atom is 0.233 e. The highest BCUT2D eigenvalue weighted by Gasteiger charge is 2.19. The second kappa shape index (κ2) is 10.2. The molecule has 2 aromatic carbocycles. The van der Waals surface area contributed by atoms with Crippen molar-refractivity contribution < 1.29 is 9.53 Å². The summed E-state index contributed by atoms with van der Waals surface area (Å²) in [6.45, 7) is 6.78. The molecule has 0 radical (unpaired) electrons. The Morgan fingerprint density at radius 1 is 1.10 bits per heavy atom. The molecule has 0 aliphatic carbocycles. The van der Waals surface area contributed by atoms with Gasteiger partial charge in [0.1, 0.15) is 12.4 Å². The van der Waals surface area contributed by atoms with Gasteiger partial charge in [-0.05, 0) is 36.1 Å². The highest BCUT2D eigenvalue weighted by atomic mass is 32.2. The minimum atomic E-state index is -0.363. The van der Waals surface area contributed by atoms with Crippen molar-refractivity contribution in [1.82, 2.24) is 20.2 Å². The summed E-state index contributed by atoms with van der Waals surface area (Å²) in [7, 11) is 0. The van der Waals surface area contributed by atoms with Crippen molar-refractivity contribution in [3.63, 3.8) is 0 Å². The van der Waals surface area contributed by atoms with E-state index in [0.29, 0.717) is 23.4 Å². The van der Waals surface area contributed by atoms with Crippen molar-refractivity contribution in [2.45, 2.75) is 50.2 Å². The van der Waals surface area contributed by atoms with Gasteiger partial charge in [0.25, 0.3) is 0 Å². The lowest BCUT2D eigenvalue weighted by Crippen LogP contribution is -2.31. The number of rotatable bonds is 9. The predicted octanol–water partition coefficient (Wildman–Crippen LogP) is 3.49. The number of nitrogens with one attached hydrogen (secondary N) is 1. The Bertz CT molecular complexity index is 957. The van der Waals surface area contributed by atoms with E-state index in [0.717, 1.165) is 11.3 Å². The summed E-state index contributed by atoms with van der Waals surface area (Å²) in [4.78, 5) is 12.4. The number of aromatic nitrogens is 3. The summed E-state index contributed by atoms with van der Waals surface area (Å²) in [5, 5.41) is 11.2. The lowest BCUT2D eigenvalue weighted by Gasteiger charge is -2.12. The Morgan fingerprint density at radius 3 is 2.47 bits per heavy atom. The number of benzene rings is 2. The van der Waals surface area contributed by atoms with Crippen LogP contribution in [0, 0.1) is 0 Å². The van der Waals surface area contributed by atoms with Crippen LogP contribution in [0.1, 0.15) is 43.6 Å². The maximum atomic E-state index is 12.4. The second-order valence-electron chi connectivity index (χ2n) is 7.24. The lowest BCUT2D eigenvalue weighted by atomic mass is 10.0. The van der Waals surface area contributed by atoms with Crippen LogP contribution in [0.25, 0.3) is 0 Å². The molecule has 3 N–H and O–H groups in total. The highest BCUT2D eigenvalue weighted by Crippen LogP contribution is 2.22. The molecular weight excluding hydrogens is 398 g/mol. The number of nitrogens with zero attached hydrogens (tertiary/aromatic N) is 3. The Hall–Kier alpha value is -3.00. The smallest absolute Gasteiger partial charge is 0.233 e. The molecule has 0 spiro atoms. The van der Waals surface area contributed by atoms with Crippen LogP contribution in [0.15, 0.2) is 59.8 Å². The molecule has 1 heterocycles. The third kappa shape index (κ3) is 5.76. The van der Waals surface area contributed by atoms with Gasteiger partial charge in [-0.25, -0.2) is 4.68 Å². The van der Waals surface area contributed by atoms with E-state index in [2.05, 4.69) is 29.4 Å². The van der Waals surface area contributed by atoms with Crippen LogP contribution in [0.3, 0.4) is 0 Å². The van der Waals surface area contributed by atoms with E-state index in [1.807, 2.05) is 61.5 Å². The fourth-order valence-corrected chi connectivity index (χ4v) is 3.54. The molecule has 1 aromatic heterocycles. The van der Waals surface area contributed by atoms with Crippen molar-refractivity contribution >= 4 is 17.7 Å². The summed E-state index contributed by atoms with van der Waals surface area (Å²) in [6.07, 6.45) is 0. The molecule has 0 bridgehead atoms. The van der Waals surface area contributed by atoms with Crippen molar-refractivity contribution in [3.8, 4) is 5.75 Å². The van der Waals surface area contributed by atoms with E-state index < -0.39 is 0 Å². The Labute approximate surface area is 181 Å². The van der Waals surface area contributed by atoms with Gasteiger partial charge in [0.05, 0.1) is 5.25 Å². The van der Waals surface area contributed by atoms with Crippen molar-refractivity contribution in [1.29, 1.82) is 0 Å². The summed E-state index contributed by atoms with van der Waals surface area (Å²) in [6, 6.07) is 17.7. The normalized spacial score (nSPS) is 12.0. The molecule has 0 aliphatic rings. The minimum absolute atomic E-state index is 0.0881. The van der Waals surface area contributed by atoms with Crippen molar-refractivity contribution in [3.05, 3.63) is 71.5 Å². The summed E-state index contributed by atoms with van der Waals surface area (Å²) in [5.74, 6) is 7.72. The van der Waals surface area contributed by atoms with Crippen molar-refractivity contribution in [2.24, 2.45) is 0 Å². The van der Waals surface area contributed by atoms with Crippen LogP contribution in [0.4, 0.5) is 0 Å². The third-order valence-corrected chi connectivity index (χ3v) is 5.67. The van der Waals surface area contributed by atoms with Gasteiger partial charge in [0.2, 0.25) is 11.1 Å². The molecule has 0 fully saturated rings.